The lowest BCUT2D eigenvalue weighted by Gasteiger charge is -2.40. The highest BCUT2D eigenvalue weighted by atomic mass is 14.7. The fourth-order valence-corrected chi connectivity index (χ4v) is 4.09. The zero-order valence-corrected chi connectivity index (χ0v) is 12.1. The van der Waals surface area contributed by atoms with Crippen molar-refractivity contribution in [3.63, 3.8) is 0 Å². The molecule has 0 fully saturated rings. The number of hydrogen-bond donors (Lipinski definition) is 1. The van der Waals surface area contributed by atoms with Gasteiger partial charge in [-0.25, -0.2) is 0 Å². The molecule has 3 rings (SSSR count). The van der Waals surface area contributed by atoms with Gasteiger partial charge in [0.2, 0.25) is 0 Å². The average molecular weight is 241 g/mol. The fraction of sp³-hybridized carbons (Fsp3) is 0.529. The molecule has 0 atom stereocenters. The summed E-state index contributed by atoms with van der Waals surface area (Å²) >= 11 is 0. The summed E-state index contributed by atoms with van der Waals surface area (Å²) in [5.74, 6) is 0. The quantitative estimate of drug-likeness (QED) is 0.686. The molecule has 1 aromatic heterocycles. The number of aromatic nitrogens is 1. The molecular formula is C17H23N. The van der Waals surface area contributed by atoms with E-state index in [1.807, 2.05) is 0 Å². The zero-order valence-electron chi connectivity index (χ0n) is 12.1. The molecule has 1 aliphatic carbocycles. The van der Waals surface area contributed by atoms with Gasteiger partial charge in [0.25, 0.3) is 0 Å². The topological polar surface area (TPSA) is 15.8 Å². The Kier molecular flexibility index (Phi) is 2.24. The zero-order chi connectivity index (χ0) is 13.1. The fourth-order valence-electron chi connectivity index (χ4n) is 4.09. The van der Waals surface area contributed by atoms with Crippen LogP contribution in [0.15, 0.2) is 18.2 Å². The molecule has 0 amide bonds. The van der Waals surface area contributed by atoms with E-state index in [-0.39, 0.29) is 5.41 Å². The Hall–Kier alpha value is -1.24. The van der Waals surface area contributed by atoms with Crippen molar-refractivity contribution in [2.75, 3.05) is 0 Å². The van der Waals surface area contributed by atoms with Crippen molar-refractivity contribution in [2.24, 2.45) is 5.41 Å². The van der Waals surface area contributed by atoms with E-state index in [4.69, 9.17) is 0 Å². The van der Waals surface area contributed by atoms with Gasteiger partial charge in [-0.05, 0) is 48.3 Å². The van der Waals surface area contributed by atoms with E-state index in [0.717, 1.165) is 0 Å². The van der Waals surface area contributed by atoms with Gasteiger partial charge in [-0.2, -0.15) is 0 Å². The van der Waals surface area contributed by atoms with E-state index in [9.17, 15) is 0 Å². The van der Waals surface area contributed by atoms with E-state index in [0.29, 0.717) is 5.41 Å². The molecule has 1 nitrogen and oxygen atoms in total. The summed E-state index contributed by atoms with van der Waals surface area (Å²) in [6, 6.07) is 6.76. The van der Waals surface area contributed by atoms with Crippen molar-refractivity contribution in [3.8, 4) is 0 Å². The molecule has 1 heteroatoms. The molecule has 1 aromatic carbocycles. The van der Waals surface area contributed by atoms with Crippen LogP contribution in [-0.2, 0) is 11.8 Å². The van der Waals surface area contributed by atoms with Crippen LogP contribution in [0.1, 0.15) is 50.9 Å². The molecule has 18 heavy (non-hydrogen) atoms. The Bertz CT molecular complexity index is 614. The lowest BCUT2D eigenvalue weighted by Crippen LogP contribution is -2.34. The standard InChI is InChI=1S/C17H23N/c1-11-6-7-13-12(8-11)15-14(18-13)9-16(2,3)10-17(15,4)5/h6-8,18H,9-10H2,1-5H3. The number of rotatable bonds is 0. The van der Waals surface area contributed by atoms with Crippen LogP contribution in [0.5, 0.6) is 0 Å². The van der Waals surface area contributed by atoms with Crippen molar-refractivity contribution in [2.45, 2.75) is 52.9 Å². The molecule has 0 radical (unpaired) electrons. The van der Waals surface area contributed by atoms with Gasteiger partial charge < -0.3 is 4.98 Å². The maximum Gasteiger partial charge on any atom is 0.0459 e. The molecular weight excluding hydrogens is 218 g/mol. The number of hydrogen-bond acceptors (Lipinski definition) is 0. The van der Waals surface area contributed by atoms with Gasteiger partial charge in [-0.3, -0.25) is 0 Å². The van der Waals surface area contributed by atoms with Crippen LogP contribution in [-0.4, -0.2) is 4.98 Å². The summed E-state index contributed by atoms with van der Waals surface area (Å²) in [6.07, 6.45) is 2.42. The lowest BCUT2D eigenvalue weighted by atomic mass is 9.64. The number of fused-ring (bicyclic) bond motifs is 3. The van der Waals surface area contributed by atoms with Crippen LogP contribution in [0.3, 0.4) is 0 Å². The van der Waals surface area contributed by atoms with Gasteiger partial charge >= 0.3 is 0 Å². The summed E-state index contributed by atoms with van der Waals surface area (Å²) in [6.45, 7) is 11.7. The number of benzene rings is 1. The maximum absolute atomic E-state index is 3.65. The first-order valence-corrected chi connectivity index (χ1v) is 6.90. The smallest absolute Gasteiger partial charge is 0.0459 e. The monoisotopic (exact) mass is 241 g/mol. The molecule has 0 saturated heterocycles. The highest BCUT2D eigenvalue weighted by Gasteiger charge is 2.39. The van der Waals surface area contributed by atoms with E-state index in [1.54, 1.807) is 5.56 Å². The Morgan fingerprint density at radius 2 is 1.83 bits per heavy atom. The number of H-pyrrole nitrogens is 1. The molecule has 1 aliphatic rings. The van der Waals surface area contributed by atoms with Crippen LogP contribution in [0, 0.1) is 12.3 Å². The largest absolute Gasteiger partial charge is 0.358 e. The summed E-state index contributed by atoms with van der Waals surface area (Å²) in [5, 5.41) is 1.44. The van der Waals surface area contributed by atoms with Gasteiger partial charge in [0, 0.05) is 16.6 Å². The van der Waals surface area contributed by atoms with Gasteiger partial charge in [0.1, 0.15) is 0 Å². The van der Waals surface area contributed by atoms with Crippen molar-refractivity contribution in [1.82, 2.24) is 4.98 Å². The Morgan fingerprint density at radius 3 is 2.56 bits per heavy atom. The maximum atomic E-state index is 3.65. The van der Waals surface area contributed by atoms with Crippen molar-refractivity contribution < 1.29 is 0 Å². The van der Waals surface area contributed by atoms with Gasteiger partial charge in [0.15, 0.2) is 0 Å². The van der Waals surface area contributed by atoms with E-state index in [2.05, 4.69) is 57.8 Å². The normalized spacial score (nSPS) is 20.9. The summed E-state index contributed by atoms with van der Waals surface area (Å²) in [7, 11) is 0. The van der Waals surface area contributed by atoms with Gasteiger partial charge in [0.05, 0.1) is 0 Å². The van der Waals surface area contributed by atoms with Gasteiger partial charge in [-0.1, -0.05) is 39.3 Å². The number of nitrogens with one attached hydrogen (secondary N) is 1. The predicted molar refractivity (Wildman–Crippen MR) is 78.2 cm³/mol. The highest BCUT2D eigenvalue weighted by molar-refractivity contribution is 5.86. The first-order valence-electron chi connectivity index (χ1n) is 6.90. The van der Waals surface area contributed by atoms with Crippen LogP contribution >= 0.6 is 0 Å². The molecule has 96 valence electrons. The van der Waals surface area contributed by atoms with Crippen molar-refractivity contribution >= 4 is 10.9 Å². The van der Waals surface area contributed by atoms with E-state index in [1.165, 1.54) is 35.0 Å². The molecule has 1 N–H and O–H groups in total. The second kappa shape index (κ2) is 3.40. The Balaban J connectivity index is 2.32. The second-order valence-electron chi connectivity index (χ2n) is 7.43. The molecule has 1 heterocycles. The second-order valence-corrected chi connectivity index (χ2v) is 7.43. The minimum absolute atomic E-state index is 0.267. The summed E-state index contributed by atoms with van der Waals surface area (Å²) in [5.41, 5.74) is 6.33. The lowest BCUT2D eigenvalue weighted by molar-refractivity contribution is 0.231. The van der Waals surface area contributed by atoms with Crippen LogP contribution < -0.4 is 0 Å². The summed E-state index contributed by atoms with van der Waals surface area (Å²) in [4.78, 5) is 3.65. The third-order valence-electron chi connectivity index (χ3n) is 4.28. The Morgan fingerprint density at radius 1 is 1.11 bits per heavy atom. The van der Waals surface area contributed by atoms with Crippen LogP contribution in [0.4, 0.5) is 0 Å². The SMILES string of the molecule is Cc1ccc2[nH]c3c(c2c1)C(C)(C)CC(C)(C)C3. The van der Waals surface area contributed by atoms with E-state index >= 15 is 0 Å². The third-order valence-corrected chi connectivity index (χ3v) is 4.28. The number of aryl methyl sites for hydroxylation is 1. The van der Waals surface area contributed by atoms with E-state index < -0.39 is 0 Å². The minimum Gasteiger partial charge on any atom is -0.358 e. The molecule has 0 saturated carbocycles. The Labute approximate surface area is 110 Å². The first kappa shape index (κ1) is 11.8. The average Bonchev–Trinajstić information content (AvgIpc) is 2.51. The molecule has 0 aliphatic heterocycles. The van der Waals surface area contributed by atoms with Crippen molar-refractivity contribution in [3.05, 3.63) is 35.0 Å². The van der Waals surface area contributed by atoms with Crippen molar-refractivity contribution in [1.29, 1.82) is 0 Å². The molecule has 2 aromatic rings. The number of aromatic amines is 1. The van der Waals surface area contributed by atoms with Gasteiger partial charge in [-0.15, -0.1) is 0 Å². The van der Waals surface area contributed by atoms with Crippen LogP contribution in [0.25, 0.3) is 10.9 Å². The third kappa shape index (κ3) is 1.68. The minimum atomic E-state index is 0.267. The molecule has 0 spiro atoms. The van der Waals surface area contributed by atoms with Crippen LogP contribution in [0.2, 0.25) is 0 Å². The summed E-state index contributed by atoms with van der Waals surface area (Å²) < 4.78 is 0. The predicted octanol–water partition coefficient (Wildman–Crippen LogP) is 4.73. The first-order chi connectivity index (χ1) is 8.28. The molecule has 0 bridgehead atoms. The molecule has 0 unspecified atom stereocenters. The highest BCUT2D eigenvalue weighted by Crippen LogP contribution is 2.48.